The van der Waals surface area contributed by atoms with Crippen molar-refractivity contribution in [2.75, 3.05) is 0 Å². The zero-order chi connectivity index (χ0) is 13.9. The second-order valence-electron chi connectivity index (χ2n) is 4.59. The zero-order valence-corrected chi connectivity index (χ0v) is 10.8. The average Bonchev–Trinajstić information content (AvgIpc) is 2.78. The Bertz CT molecular complexity index is 1050. The van der Waals surface area contributed by atoms with E-state index in [2.05, 4.69) is 4.98 Å². The van der Waals surface area contributed by atoms with E-state index in [0.29, 0.717) is 21.6 Å². The van der Waals surface area contributed by atoms with E-state index in [1.165, 1.54) is 18.2 Å². The summed E-state index contributed by atoms with van der Waals surface area (Å²) in [6.07, 6.45) is 0. The Kier molecular flexibility index (Phi) is 2.20. The second-order valence-corrected chi connectivity index (χ2v) is 5.03. The maximum atomic E-state index is 13.3. The number of hydrogen-bond donors (Lipinski definition) is 1. The Labute approximate surface area is 116 Å². The van der Waals surface area contributed by atoms with E-state index >= 15 is 0 Å². The number of nitrogens with one attached hydrogen (secondary N) is 1. The molecular formula is C15H7ClFNO2. The summed E-state index contributed by atoms with van der Waals surface area (Å²) in [6.45, 7) is 0. The van der Waals surface area contributed by atoms with Gasteiger partial charge in [-0.25, -0.2) is 4.39 Å². The van der Waals surface area contributed by atoms with Gasteiger partial charge in [-0.05, 0) is 36.4 Å². The number of rotatable bonds is 0. The van der Waals surface area contributed by atoms with Crippen LogP contribution < -0.4 is 5.43 Å². The topological polar surface area (TPSA) is 46.0 Å². The molecule has 0 radical (unpaired) electrons. The molecule has 0 saturated heterocycles. The fraction of sp³-hybridized carbons (Fsp3) is 0. The van der Waals surface area contributed by atoms with Crippen LogP contribution >= 0.6 is 11.6 Å². The van der Waals surface area contributed by atoms with Crippen LogP contribution in [-0.2, 0) is 0 Å². The normalized spacial score (nSPS) is 11.7. The number of aromatic amines is 1. The monoisotopic (exact) mass is 287 g/mol. The Morgan fingerprint density at radius 2 is 1.95 bits per heavy atom. The maximum absolute atomic E-state index is 13.3. The highest BCUT2D eigenvalue weighted by molar-refractivity contribution is 6.31. The van der Waals surface area contributed by atoms with Crippen LogP contribution in [0.4, 0.5) is 4.39 Å². The molecule has 2 aromatic carbocycles. The Hall–Kier alpha value is -2.33. The van der Waals surface area contributed by atoms with E-state index < -0.39 is 5.82 Å². The molecule has 98 valence electrons. The van der Waals surface area contributed by atoms with Crippen LogP contribution in [0.1, 0.15) is 0 Å². The fourth-order valence-corrected chi connectivity index (χ4v) is 2.60. The first-order chi connectivity index (χ1) is 9.63. The van der Waals surface area contributed by atoms with Gasteiger partial charge in [-0.3, -0.25) is 4.79 Å². The first-order valence-electron chi connectivity index (χ1n) is 5.97. The van der Waals surface area contributed by atoms with Gasteiger partial charge in [0.15, 0.2) is 5.58 Å². The summed E-state index contributed by atoms with van der Waals surface area (Å²) in [4.78, 5) is 15.5. The van der Waals surface area contributed by atoms with Crippen LogP contribution in [0.5, 0.6) is 0 Å². The lowest BCUT2D eigenvalue weighted by molar-refractivity contribution is 0.629. The van der Waals surface area contributed by atoms with E-state index in [4.69, 9.17) is 16.0 Å². The molecule has 20 heavy (non-hydrogen) atoms. The van der Waals surface area contributed by atoms with Gasteiger partial charge in [0, 0.05) is 10.4 Å². The Morgan fingerprint density at radius 1 is 1.10 bits per heavy atom. The van der Waals surface area contributed by atoms with Gasteiger partial charge in [0.1, 0.15) is 11.4 Å². The molecule has 2 heterocycles. The van der Waals surface area contributed by atoms with Crippen molar-refractivity contribution in [3.05, 3.63) is 57.5 Å². The molecule has 3 nitrogen and oxygen atoms in total. The molecule has 2 aromatic heterocycles. The summed E-state index contributed by atoms with van der Waals surface area (Å²) in [6, 6.07) is 9.17. The molecule has 0 atom stereocenters. The van der Waals surface area contributed by atoms with Crippen molar-refractivity contribution in [1.29, 1.82) is 0 Å². The number of hydrogen-bond acceptors (Lipinski definition) is 2. The number of aromatic nitrogens is 1. The van der Waals surface area contributed by atoms with Crippen LogP contribution in [0.25, 0.3) is 33.0 Å². The van der Waals surface area contributed by atoms with Gasteiger partial charge < -0.3 is 9.40 Å². The number of furan rings is 1. The van der Waals surface area contributed by atoms with Crippen LogP contribution in [0.3, 0.4) is 0 Å². The van der Waals surface area contributed by atoms with Crippen molar-refractivity contribution in [3.8, 4) is 0 Å². The van der Waals surface area contributed by atoms with E-state index in [0.717, 1.165) is 5.39 Å². The molecule has 0 amide bonds. The van der Waals surface area contributed by atoms with Gasteiger partial charge in [-0.2, -0.15) is 0 Å². The number of pyridine rings is 1. The molecule has 0 saturated carbocycles. The summed E-state index contributed by atoms with van der Waals surface area (Å²) in [5.41, 5.74) is 1.55. The lowest BCUT2D eigenvalue weighted by Crippen LogP contribution is -2.02. The molecule has 0 aliphatic rings. The fourth-order valence-electron chi connectivity index (χ4n) is 2.42. The maximum Gasteiger partial charge on any atom is 0.232 e. The van der Waals surface area contributed by atoms with E-state index in [-0.39, 0.29) is 16.4 Å². The van der Waals surface area contributed by atoms with Crippen LogP contribution in [0, 0.1) is 5.82 Å². The van der Waals surface area contributed by atoms with Crippen LogP contribution in [0.15, 0.2) is 45.6 Å². The molecule has 0 spiro atoms. The minimum atomic E-state index is -0.457. The van der Waals surface area contributed by atoms with Gasteiger partial charge in [0.2, 0.25) is 5.43 Å². The minimum absolute atomic E-state index is 0.181. The van der Waals surface area contributed by atoms with Crippen molar-refractivity contribution in [2.24, 2.45) is 0 Å². The number of H-pyrrole nitrogens is 1. The highest BCUT2D eigenvalue weighted by Gasteiger charge is 2.14. The summed E-state index contributed by atoms with van der Waals surface area (Å²) in [7, 11) is 0. The highest BCUT2D eigenvalue weighted by atomic mass is 35.5. The smallest absolute Gasteiger partial charge is 0.232 e. The molecule has 5 heteroatoms. The van der Waals surface area contributed by atoms with E-state index in [9.17, 15) is 9.18 Å². The standard InChI is InChI=1S/C15H7ClFNO2/c16-7-1-4-12-10(5-7)13-15(20-12)14(19)9-6-8(17)2-3-11(9)18-13/h1-6H,(H,18,19). The third kappa shape index (κ3) is 1.48. The van der Waals surface area contributed by atoms with Gasteiger partial charge in [0.25, 0.3) is 0 Å². The summed E-state index contributed by atoms with van der Waals surface area (Å²) >= 11 is 5.97. The first-order valence-corrected chi connectivity index (χ1v) is 6.34. The summed E-state index contributed by atoms with van der Waals surface area (Å²) < 4.78 is 18.8. The van der Waals surface area contributed by atoms with Crippen molar-refractivity contribution in [3.63, 3.8) is 0 Å². The Balaban J connectivity index is 2.30. The number of fused-ring (bicyclic) bond motifs is 4. The predicted molar refractivity (Wildman–Crippen MR) is 76.8 cm³/mol. The molecule has 0 aliphatic heterocycles. The van der Waals surface area contributed by atoms with Gasteiger partial charge in [0.05, 0.1) is 16.4 Å². The van der Waals surface area contributed by atoms with E-state index in [1.807, 2.05) is 0 Å². The molecule has 0 fully saturated rings. The number of halogens is 2. The molecule has 4 aromatic rings. The highest BCUT2D eigenvalue weighted by Crippen LogP contribution is 2.29. The van der Waals surface area contributed by atoms with Gasteiger partial charge >= 0.3 is 0 Å². The molecule has 0 aliphatic carbocycles. The van der Waals surface area contributed by atoms with Gasteiger partial charge in [-0.1, -0.05) is 11.6 Å². The number of benzene rings is 2. The second kappa shape index (κ2) is 3.84. The summed E-state index contributed by atoms with van der Waals surface area (Å²) in [5.74, 6) is -0.457. The molecule has 0 unspecified atom stereocenters. The minimum Gasteiger partial charge on any atom is -0.450 e. The third-order valence-electron chi connectivity index (χ3n) is 3.34. The lowest BCUT2D eigenvalue weighted by atomic mass is 10.1. The third-order valence-corrected chi connectivity index (χ3v) is 3.58. The molecular weight excluding hydrogens is 281 g/mol. The van der Waals surface area contributed by atoms with Gasteiger partial charge in [-0.15, -0.1) is 0 Å². The Morgan fingerprint density at radius 3 is 2.80 bits per heavy atom. The zero-order valence-electron chi connectivity index (χ0n) is 10.0. The van der Waals surface area contributed by atoms with E-state index in [1.54, 1.807) is 18.2 Å². The lowest BCUT2D eigenvalue weighted by Gasteiger charge is -1.98. The van der Waals surface area contributed by atoms with Crippen molar-refractivity contribution in [2.45, 2.75) is 0 Å². The van der Waals surface area contributed by atoms with Crippen molar-refractivity contribution < 1.29 is 8.81 Å². The van der Waals surface area contributed by atoms with Crippen molar-refractivity contribution >= 4 is 44.6 Å². The SMILES string of the molecule is O=c1c2cc(F)ccc2[nH]c2c1oc1ccc(Cl)cc12. The average molecular weight is 288 g/mol. The first kappa shape index (κ1) is 11.5. The predicted octanol–water partition coefficient (Wildman–Crippen LogP) is 4.22. The summed E-state index contributed by atoms with van der Waals surface area (Å²) in [5, 5.41) is 1.55. The van der Waals surface area contributed by atoms with Crippen LogP contribution in [-0.4, -0.2) is 4.98 Å². The quantitative estimate of drug-likeness (QED) is 0.526. The largest absolute Gasteiger partial charge is 0.450 e. The molecule has 0 bridgehead atoms. The van der Waals surface area contributed by atoms with Crippen molar-refractivity contribution in [1.82, 2.24) is 4.98 Å². The molecule has 4 rings (SSSR count). The molecule has 1 N–H and O–H groups in total. The van der Waals surface area contributed by atoms with Crippen LogP contribution in [0.2, 0.25) is 5.02 Å².